The van der Waals surface area contributed by atoms with E-state index in [4.69, 9.17) is 10.5 Å². The van der Waals surface area contributed by atoms with Crippen molar-refractivity contribution in [1.29, 1.82) is 0 Å². The molecule has 0 fully saturated rings. The summed E-state index contributed by atoms with van der Waals surface area (Å²) >= 11 is 3.34. The second-order valence-electron chi connectivity index (χ2n) is 3.31. The van der Waals surface area contributed by atoms with Crippen molar-refractivity contribution in [3.63, 3.8) is 0 Å². The number of ether oxygens (including phenoxy) is 1. The summed E-state index contributed by atoms with van der Waals surface area (Å²) in [4.78, 5) is 0. The van der Waals surface area contributed by atoms with Crippen molar-refractivity contribution < 1.29 is 9.37 Å². The smallest absolute Gasteiger partial charge is 0.145 e. The topological polar surface area (TPSA) is 74.2 Å². The van der Waals surface area contributed by atoms with Gasteiger partial charge in [-0.15, -0.1) is 0 Å². The minimum atomic E-state index is 0.311. The van der Waals surface area contributed by atoms with Crippen molar-refractivity contribution in [3.05, 3.63) is 34.1 Å². The molecule has 0 amide bonds. The third-order valence-corrected chi connectivity index (χ3v) is 2.47. The van der Waals surface area contributed by atoms with Crippen LogP contribution in [0.3, 0.4) is 0 Å². The van der Waals surface area contributed by atoms with Gasteiger partial charge in [0.25, 0.3) is 0 Å². The predicted octanol–water partition coefficient (Wildman–Crippen LogP) is 2.30. The van der Waals surface area contributed by atoms with E-state index < -0.39 is 0 Å². The molecule has 0 radical (unpaired) electrons. The summed E-state index contributed by atoms with van der Waals surface area (Å²) in [7, 11) is 0. The first-order chi connectivity index (χ1) is 7.65. The van der Waals surface area contributed by atoms with Gasteiger partial charge in [0.05, 0.1) is 0 Å². The van der Waals surface area contributed by atoms with Gasteiger partial charge in [0.2, 0.25) is 0 Å². The van der Waals surface area contributed by atoms with Gasteiger partial charge in [-0.2, -0.15) is 0 Å². The Hall–Kier alpha value is -1.56. The number of nitrogen functional groups attached to an aromatic ring is 1. The van der Waals surface area contributed by atoms with Crippen LogP contribution in [0.15, 0.2) is 27.3 Å². The molecule has 84 valence electrons. The Bertz CT molecular complexity index is 478. The zero-order chi connectivity index (χ0) is 11.5. The molecular weight excluding hydrogens is 274 g/mol. The van der Waals surface area contributed by atoms with Gasteiger partial charge in [-0.05, 0) is 19.1 Å². The number of hydrogen-bond acceptors (Lipinski definition) is 5. The fourth-order valence-corrected chi connectivity index (χ4v) is 1.69. The number of halogens is 1. The lowest BCUT2D eigenvalue weighted by atomic mass is 10.3. The van der Waals surface area contributed by atoms with Crippen LogP contribution in [0.1, 0.15) is 11.4 Å². The monoisotopic (exact) mass is 283 g/mol. The highest BCUT2D eigenvalue weighted by atomic mass is 79.9. The molecule has 0 aliphatic heterocycles. The van der Waals surface area contributed by atoms with Gasteiger partial charge in [-0.3, -0.25) is 0 Å². The molecule has 1 aromatic carbocycles. The average molecular weight is 284 g/mol. The van der Waals surface area contributed by atoms with E-state index >= 15 is 0 Å². The lowest BCUT2D eigenvalue weighted by Gasteiger charge is -2.05. The van der Waals surface area contributed by atoms with Crippen LogP contribution in [-0.4, -0.2) is 10.3 Å². The van der Waals surface area contributed by atoms with Crippen LogP contribution in [0.5, 0.6) is 5.75 Å². The van der Waals surface area contributed by atoms with Crippen LogP contribution in [0.4, 0.5) is 5.69 Å². The Kier molecular flexibility index (Phi) is 3.09. The van der Waals surface area contributed by atoms with E-state index in [1.807, 2.05) is 13.0 Å². The van der Waals surface area contributed by atoms with E-state index in [9.17, 15) is 0 Å². The molecule has 0 saturated heterocycles. The van der Waals surface area contributed by atoms with Crippen molar-refractivity contribution in [1.82, 2.24) is 10.3 Å². The Morgan fingerprint density at radius 3 is 2.81 bits per heavy atom. The summed E-state index contributed by atoms with van der Waals surface area (Å²) < 4.78 is 11.0. The average Bonchev–Trinajstić information content (AvgIpc) is 2.59. The maximum Gasteiger partial charge on any atom is 0.145 e. The molecule has 2 N–H and O–H groups in total. The zero-order valence-corrected chi connectivity index (χ0v) is 10.2. The Balaban J connectivity index is 2.07. The number of nitrogens with two attached hydrogens (primary N) is 1. The molecule has 0 aliphatic rings. The lowest BCUT2D eigenvalue weighted by Crippen LogP contribution is -1.98. The van der Waals surface area contributed by atoms with Crippen molar-refractivity contribution in [2.45, 2.75) is 13.5 Å². The fraction of sp³-hybridized carbons (Fsp3) is 0.200. The minimum absolute atomic E-state index is 0.311. The quantitative estimate of drug-likeness (QED) is 0.875. The van der Waals surface area contributed by atoms with Gasteiger partial charge in [0.15, 0.2) is 0 Å². The van der Waals surface area contributed by atoms with Gasteiger partial charge in [0, 0.05) is 16.2 Å². The molecule has 6 heteroatoms. The largest absolute Gasteiger partial charge is 0.487 e. The number of nitrogens with zero attached hydrogens (tertiary/aromatic N) is 2. The molecule has 5 nitrogen and oxygen atoms in total. The van der Waals surface area contributed by atoms with Crippen molar-refractivity contribution in [3.8, 4) is 5.75 Å². The molecule has 0 aliphatic carbocycles. The molecule has 16 heavy (non-hydrogen) atoms. The molecule has 0 saturated carbocycles. The molecule has 2 aromatic rings. The Morgan fingerprint density at radius 1 is 1.38 bits per heavy atom. The zero-order valence-electron chi connectivity index (χ0n) is 8.61. The van der Waals surface area contributed by atoms with E-state index in [1.165, 1.54) is 0 Å². The molecule has 2 rings (SSSR count). The minimum Gasteiger partial charge on any atom is -0.487 e. The van der Waals surface area contributed by atoms with Crippen LogP contribution in [0.25, 0.3) is 0 Å². The highest BCUT2D eigenvalue weighted by Gasteiger charge is 2.06. The normalized spacial score (nSPS) is 10.4. The van der Waals surface area contributed by atoms with Gasteiger partial charge in [-0.25, -0.2) is 4.63 Å². The first kappa shape index (κ1) is 10.9. The molecule has 0 bridgehead atoms. The standard InChI is InChI=1S/C10H10BrN3O2/c1-6-10(14-16-13-6)5-15-9-3-7(11)2-8(12)4-9/h2-4H,5,12H2,1H3. The number of benzene rings is 1. The van der Waals surface area contributed by atoms with Crippen LogP contribution in [-0.2, 0) is 6.61 Å². The van der Waals surface area contributed by atoms with E-state index in [0.717, 1.165) is 10.2 Å². The third-order valence-electron chi connectivity index (χ3n) is 2.02. The summed E-state index contributed by atoms with van der Waals surface area (Å²) in [5.74, 6) is 0.675. The summed E-state index contributed by atoms with van der Waals surface area (Å²) in [6, 6.07) is 5.38. The van der Waals surface area contributed by atoms with E-state index in [-0.39, 0.29) is 0 Å². The summed E-state index contributed by atoms with van der Waals surface area (Å²) in [5, 5.41) is 7.39. The van der Waals surface area contributed by atoms with E-state index in [2.05, 4.69) is 30.9 Å². The van der Waals surface area contributed by atoms with Crippen molar-refractivity contribution >= 4 is 21.6 Å². The first-order valence-electron chi connectivity index (χ1n) is 4.62. The third kappa shape index (κ3) is 2.52. The molecule has 0 spiro atoms. The van der Waals surface area contributed by atoms with E-state index in [0.29, 0.717) is 23.7 Å². The van der Waals surface area contributed by atoms with Gasteiger partial charge < -0.3 is 10.5 Å². The fourth-order valence-electron chi connectivity index (χ4n) is 1.20. The number of anilines is 1. The second-order valence-corrected chi connectivity index (χ2v) is 4.22. The molecule has 0 unspecified atom stereocenters. The Morgan fingerprint density at radius 2 is 2.19 bits per heavy atom. The van der Waals surface area contributed by atoms with E-state index in [1.54, 1.807) is 12.1 Å². The van der Waals surface area contributed by atoms with Gasteiger partial charge >= 0.3 is 0 Å². The second kappa shape index (κ2) is 4.52. The van der Waals surface area contributed by atoms with Gasteiger partial charge in [0.1, 0.15) is 23.7 Å². The molecule has 1 aromatic heterocycles. The van der Waals surface area contributed by atoms with Crippen LogP contribution < -0.4 is 10.5 Å². The van der Waals surface area contributed by atoms with Crippen molar-refractivity contribution in [2.75, 3.05) is 5.73 Å². The van der Waals surface area contributed by atoms with Crippen LogP contribution in [0.2, 0.25) is 0 Å². The Labute approximate surface area is 101 Å². The lowest BCUT2D eigenvalue weighted by molar-refractivity contribution is 0.270. The van der Waals surface area contributed by atoms with Crippen LogP contribution >= 0.6 is 15.9 Å². The maximum atomic E-state index is 5.68. The molecule has 1 heterocycles. The number of aromatic nitrogens is 2. The number of aryl methyl sites for hydroxylation is 1. The summed E-state index contributed by atoms with van der Waals surface area (Å²) in [6.45, 7) is 2.12. The number of hydrogen-bond donors (Lipinski definition) is 1. The highest BCUT2D eigenvalue weighted by molar-refractivity contribution is 9.10. The highest BCUT2D eigenvalue weighted by Crippen LogP contribution is 2.23. The van der Waals surface area contributed by atoms with Gasteiger partial charge in [-0.1, -0.05) is 26.2 Å². The van der Waals surface area contributed by atoms with Crippen molar-refractivity contribution in [2.24, 2.45) is 0 Å². The van der Waals surface area contributed by atoms with Crippen LogP contribution in [0, 0.1) is 6.92 Å². The number of rotatable bonds is 3. The summed E-state index contributed by atoms with van der Waals surface area (Å²) in [6.07, 6.45) is 0. The summed E-state index contributed by atoms with van der Waals surface area (Å²) in [5.41, 5.74) is 7.72. The SMILES string of the molecule is Cc1nonc1COc1cc(N)cc(Br)c1. The predicted molar refractivity (Wildman–Crippen MR) is 61.9 cm³/mol. The maximum absolute atomic E-state index is 5.68. The molecular formula is C10H10BrN3O2. The molecule has 0 atom stereocenters. The first-order valence-corrected chi connectivity index (χ1v) is 5.41.